The fraction of sp³-hybridized carbons (Fsp3) is 0.724. The summed E-state index contributed by atoms with van der Waals surface area (Å²) in [7, 11) is 0. The van der Waals surface area contributed by atoms with Gasteiger partial charge in [0.15, 0.2) is 6.29 Å². The maximum Gasteiger partial charge on any atom is 0.305 e. The molecule has 1 amide bonds. The summed E-state index contributed by atoms with van der Waals surface area (Å²) in [6.07, 6.45) is 52.5. The van der Waals surface area contributed by atoms with Crippen LogP contribution in [0.4, 0.5) is 0 Å². The second-order valence-corrected chi connectivity index (χ2v) is 18.5. The average Bonchev–Trinajstić information content (AvgIpc) is 3.34. The summed E-state index contributed by atoms with van der Waals surface area (Å²) in [6.45, 7) is 4.07. The van der Waals surface area contributed by atoms with Gasteiger partial charge in [-0.3, -0.25) is 9.59 Å². The number of carbonyl (C=O) groups is 2. The van der Waals surface area contributed by atoms with Crippen molar-refractivity contribution in [3.05, 3.63) is 85.1 Å². The van der Waals surface area contributed by atoms with E-state index in [4.69, 9.17) is 14.2 Å². The molecule has 1 aliphatic rings. The topological polar surface area (TPSA) is 175 Å². The van der Waals surface area contributed by atoms with Crippen molar-refractivity contribution >= 4 is 11.9 Å². The van der Waals surface area contributed by atoms with Crippen molar-refractivity contribution in [3.63, 3.8) is 0 Å². The van der Waals surface area contributed by atoms with Gasteiger partial charge in [0.2, 0.25) is 5.91 Å². The summed E-state index contributed by atoms with van der Waals surface area (Å²) in [4.78, 5) is 25.0. The SMILES string of the molecule is CC/C=C/CC/C=C/CC/C=C/C(O)C(COC1OC(CO)C(O)C(O)C1O)NC(=O)CCCCCCCC/C=C\C=C/CCCCCOC(=O)CCCCCCC/C=C\C/C=C\CCCCCC. The lowest BCUT2D eigenvalue weighted by molar-refractivity contribution is -0.302. The van der Waals surface area contributed by atoms with Gasteiger partial charge in [0.25, 0.3) is 0 Å². The Morgan fingerprint density at radius 3 is 1.67 bits per heavy atom. The maximum absolute atomic E-state index is 13.0. The molecule has 1 fully saturated rings. The monoisotopic (exact) mass is 970 g/mol. The molecule has 0 aromatic carbocycles. The fourth-order valence-corrected chi connectivity index (χ4v) is 7.84. The predicted molar refractivity (Wildman–Crippen MR) is 282 cm³/mol. The van der Waals surface area contributed by atoms with Gasteiger partial charge in [-0.25, -0.2) is 0 Å². The molecule has 1 heterocycles. The van der Waals surface area contributed by atoms with E-state index >= 15 is 0 Å². The van der Waals surface area contributed by atoms with Crippen LogP contribution in [0.1, 0.15) is 206 Å². The number of rotatable bonds is 45. The Kier molecular flexibility index (Phi) is 43.7. The highest BCUT2D eigenvalue weighted by Crippen LogP contribution is 2.22. The third-order valence-corrected chi connectivity index (χ3v) is 12.2. The van der Waals surface area contributed by atoms with E-state index in [2.05, 4.69) is 92.1 Å². The molecule has 11 heteroatoms. The van der Waals surface area contributed by atoms with Gasteiger partial charge in [0.1, 0.15) is 24.4 Å². The van der Waals surface area contributed by atoms with Crippen molar-refractivity contribution in [3.8, 4) is 0 Å². The van der Waals surface area contributed by atoms with Crippen molar-refractivity contribution in [2.45, 2.75) is 249 Å². The summed E-state index contributed by atoms with van der Waals surface area (Å²) in [6, 6.07) is -0.853. The molecular weight excluding hydrogens is 871 g/mol. The number of aliphatic hydroxyl groups is 5. The van der Waals surface area contributed by atoms with Crippen LogP contribution in [0, 0.1) is 0 Å². The lowest BCUT2D eigenvalue weighted by Crippen LogP contribution is -2.60. The molecule has 0 aliphatic carbocycles. The first kappa shape index (κ1) is 63.9. The molecule has 0 saturated carbocycles. The number of carbonyl (C=O) groups excluding carboxylic acids is 2. The van der Waals surface area contributed by atoms with E-state index in [0.717, 1.165) is 116 Å². The van der Waals surface area contributed by atoms with Crippen molar-refractivity contribution in [1.82, 2.24) is 5.32 Å². The fourth-order valence-electron chi connectivity index (χ4n) is 7.84. The van der Waals surface area contributed by atoms with Gasteiger partial charge in [-0.15, -0.1) is 0 Å². The van der Waals surface area contributed by atoms with E-state index < -0.39 is 49.5 Å². The quantitative estimate of drug-likeness (QED) is 0.0149. The number of nitrogens with one attached hydrogen (secondary N) is 1. The van der Waals surface area contributed by atoms with Crippen molar-refractivity contribution in [2.75, 3.05) is 19.8 Å². The summed E-state index contributed by atoms with van der Waals surface area (Å²) < 4.78 is 16.6. The molecule has 0 radical (unpaired) electrons. The highest BCUT2D eigenvalue weighted by atomic mass is 16.7. The third kappa shape index (κ3) is 37.3. The van der Waals surface area contributed by atoms with Crippen LogP contribution in [-0.4, -0.2) is 100 Å². The van der Waals surface area contributed by atoms with Gasteiger partial charge in [-0.1, -0.05) is 163 Å². The van der Waals surface area contributed by atoms with E-state index in [1.807, 2.05) is 6.08 Å². The van der Waals surface area contributed by atoms with Gasteiger partial charge in [-0.05, 0) is 116 Å². The number of unbranched alkanes of at least 4 members (excludes halogenated alkanes) is 20. The Hall–Kier alpha value is -3.16. The van der Waals surface area contributed by atoms with Gasteiger partial charge in [0, 0.05) is 12.8 Å². The molecule has 7 atom stereocenters. The van der Waals surface area contributed by atoms with Crippen LogP contribution in [0.15, 0.2) is 85.1 Å². The number of hydrogen-bond donors (Lipinski definition) is 6. The standard InChI is InChI=1S/C58H99NO10/c1-3-5-7-9-11-13-15-16-17-20-23-26-30-34-38-42-46-54(63)67-47-43-39-35-31-27-24-21-18-19-22-25-29-33-37-41-45-53(62)59-50(49-68-58-57(66)56(65)55(64)52(48-60)69-58)51(61)44-40-36-32-28-14-12-10-8-6-4-2/h6,8,13-15,17-18,20-21,24,27-28,40,44,50-52,55-58,60-61,64-66H,3-5,7,9-12,16,19,22-23,25-26,29-39,41-43,45-49H2,1-2H3,(H,59,62)/b8-6+,15-13-,20-17-,21-18-,27-24-,28-14+,44-40+. The molecule has 0 aromatic rings. The minimum absolute atomic E-state index is 0.0577. The lowest BCUT2D eigenvalue weighted by atomic mass is 9.99. The van der Waals surface area contributed by atoms with E-state index in [-0.39, 0.29) is 18.5 Å². The van der Waals surface area contributed by atoms with Gasteiger partial charge < -0.3 is 45.1 Å². The first-order chi connectivity index (χ1) is 33.7. The number of allylic oxidation sites excluding steroid dienone is 13. The van der Waals surface area contributed by atoms with E-state index in [0.29, 0.717) is 32.3 Å². The molecule has 0 bridgehead atoms. The molecule has 7 unspecified atom stereocenters. The number of ether oxygens (including phenoxy) is 3. The number of hydrogen-bond acceptors (Lipinski definition) is 10. The highest BCUT2D eigenvalue weighted by molar-refractivity contribution is 5.76. The van der Waals surface area contributed by atoms with E-state index in [1.165, 1.54) is 51.4 Å². The first-order valence-corrected chi connectivity index (χ1v) is 27.4. The molecule has 6 N–H and O–H groups in total. The van der Waals surface area contributed by atoms with Crippen molar-refractivity contribution in [2.24, 2.45) is 0 Å². The maximum atomic E-state index is 13.0. The van der Waals surface area contributed by atoms with Crippen LogP contribution >= 0.6 is 0 Å². The zero-order chi connectivity index (χ0) is 50.3. The normalized spacial score (nSPS) is 20.0. The number of esters is 1. The summed E-state index contributed by atoms with van der Waals surface area (Å²) >= 11 is 0. The van der Waals surface area contributed by atoms with Crippen LogP contribution in [0.5, 0.6) is 0 Å². The van der Waals surface area contributed by atoms with E-state index in [1.54, 1.807) is 6.08 Å². The molecule has 1 saturated heterocycles. The number of amides is 1. The molecule has 396 valence electrons. The molecule has 1 rings (SSSR count). The van der Waals surface area contributed by atoms with Crippen LogP contribution in [0.2, 0.25) is 0 Å². The molecule has 0 spiro atoms. The summed E-state index contributed by atoms with van der Waals surface area (Å²) in [5.74, 6) is -0.283. The minimum Gasteiger partial charge on any atom is -0.466 e. The van der Waals surface area contributed by atoms with Crippen LogP contribution in [-0.2, 0) is 23.8 Å². The lowest BCUT2D eigenvalue weighted by Gasteiger charge is -2.40. The second-order valence-electron chi connectivity index (χ2n) is 18.5. The average molecular weight is 970 g/mol. The summed E-state index contributed by atoms with van der Waals surface area (Å²) in [5.41, 5.74) is 0. The molecule has 0 aromatic heterocycles. The van der Waals surface area contributed by atoms with Crippen LogP contribution in [0.25, 0.3) is 0 Å². The number of aliphatic hydroxyl groups excluding tert-OH is 5. The van der Waals surface area contributed by atoms with Crippen LogP contribution < -0.4 is 5.32 Å². The Balaban J connectivity index is 2.15. The molecular formula is C58H99NO10. The Bertz CT molecular complexity index is 1420. The Labute approximate surface area is 419 Å². The minimum atomic E-state index is -1.59. The molecule has 69 heavy (non-hydrogen) atoms. The molecule has 1 aliphatic heterocycles. The van der Waals surface area contributed by atoms with E-state index in [9.17, 15) is 35.1 Å². The zero-order valence-electron chi connectivity index (χ0n) is 43.2. The smallest absolute Gasteiger partial charge is 0.305 e. The first-order valence-electron chi connectivity index (χ1n) is 27.4. The van der Waals surface area contributed by atoms with Crippen molar-refractivity contribution in [1.29, 1.82) is 0 Å². The Morgan fingerprint density at radius 1 is 0.565 bits per heavy atom. The largest absolute Gasteiger partial charge is 0.466 e. The van der Waals surface area contributed by atoms with Gasteiger partial charge >= 0.3 is 5.97 Å². The second kappa shape index (κ2) is 47.2. The predicted octanol–water partition coefficient (Wildman–Crippen LogP) is 11.8. The Morgan fingerprint density at radius 2 is 1.07 bits per heavy atom. The van der Waals surface area contributed by atoms with Crippen molar-refractivity contribution < 1.29 is 49.3 Å². The van der Waals surface area contributed by atoms with Gasteiger partial charge in [-0.2, -0.15) is 0 Å². The highest BCUT2D eigenvalue weighted by Gasteiger charge is 2.44. The van der Waals surface area contributed by atoms with Crippen LogP contribution in [0.3, 0.4) is 0 Å². The summed E-state index contributed by atoms with van der Waals surface area (Å²) in [5, 5.41) is 54.1. The zero-order valence-corrected chi connectivity index (χ0v) is 43.2. The van der Waals surface area contributed by atoms with Gasteiger partial charge in [0.05, 0.1) is 32.0 Å². The molecule has 11 nitrogen and oxygen atoms in total. The third-order valence-electron chi connectivity index (χ3n) is 12.2.